The fourth-order valence-corrected chi connectivity index (χ4v) is 9.74. The molecular weight excluding hydrogens is 390 g/mol. The van der Waals surface area contributed by atoms with Gasteiger partial charge in [-0.1, -0.05) is 25.5 Å². The molecule has 1 spiro atoms. The third kappa shape index (κ3) is 2.53. The zero-order chi connectivity index (χ0) is 20.6. The maximum absolute atomic E-state index is 6.69. The molecule has 6 rings (SSSR count). The Kier molecular flexibility index (Phi) is 4.58. The number of rotatable bonds is 5. The second-order valence-corrected chi connectivity index (χ2v) is 12.5. The Labute approximate surface area is 185 Å². The molecule has 0 radical (unpaired) electrons. The third-order valence-electron chi connectivity index (χ3n) is 10.1. The number of hydrogen-bond acceptors (Lipinski definition) is 4. The molecule has 1 aromatic rings. The molecule has 0 amide bonds. The molecular formula is C26H37NO2S. The summed E-state index contributed by atoms with van der Waals surface area (Å²) in [5.74, 6) is 3.35. The van der Waals surface area contributed by atoms with Crippen LogP contribution in [0, 0.1) is 22.7 Å². The van der Waals surface area contributed by atoms with E-state index >= 15 is 0 Å². The number of hydrogen-bond donors (Lipinski definition) is 1. The van der Waals surface area contributed by atoms with Gasteiger partial charge in [0.25, 0.3) is 0 Å². The van der Waals surface area contributed by atoms with Gasteiger partial charge in [0.2, 0.25) is 0 Å². The highest BCUT2D eigenvalue weighted by Crippen LogP contribution is 2.77. The molecule has 2 N–H and O–H groups in total. The molecule has 4 fully saturated rings. The van der Waals surface area contributed by atoms with E-state index in [0.717, 1.165) is 24.8 Å². The minimum atomic E-state index is 0.138. The highest BCUT2D eigenvalue weighted by atomic mass is 32.2. The number of thioether (sulfide) groups is 1. The molecule has 1 aromatic heterocycles. The topological polar surface area (TPSA) is 51.7 Å². The first-order valence-corrected chi connectivity index (χ1v) is 13.3. The van der Waals surface area contributed by atoms with Gasteiger partial charge in [0.1, 0.15) is 5.60 Å². The smallest absolute Gasteiger partial charge is 0.104 e. The van der Waals surface area contributed by atoms with E-state index < -0.39 is 0 Å². The van der Waals surface area contributed by atoms with E-state index in [-0.39, 0.29) is 11.0 Å². The summed E-state index contributed by atoms with van der Waals surface area (Å²) in [6.45, 7) is 5.97. The number of fused-ring (bicyclic) bond motifs is 3. The number of allylic oxidation sites excluding steroid dienone is 1. The molecule has 0 bridgehead atoms. The molecule has 0 unspecified atom stereocenters. The molecule has 3 saturated carbocycles. The monoisotopic (exact) mass is 427 g/mol. The Morgan fingerprint density at radius 3 is 2.87 bits per heavy atom. The van der Waals surface area contributed by atoms with E-state index in [1.807, 2.05) is 12.5 Å². The van der Waals surface area contributed by atoms with Gasteiger partial charge in [0.05, 0.1) is 18.6 Å². The highest BCUT2D eigenvalue weighted by molar-refractivity contribution is 8.00. The van der Waals surface area contributed by atoms with Crippen molar-refractivity contribution in [2.45, 2.75) is 88.1 Å². The zero-order valence-corrected chi connectivity index (χ0v) is 19.4. The van der Waals surface area contributed by atoms with E-state index in [2.05, 4.69) is 37.8 Å². The van der Waals surface area contributed by atoms with Gasteiger partial charge in [0.15, 0.2) is 0 Å². The summed E-state index contributed by atoms with van der Waals surface area (Å²) in [7, 11) is 0. The largest absolute Gasteiger partial charge is 0.472 e. The predicted octanol–water partition coefficient (Wildman–Crippen LogP) is 5.91. The molecule has 30 heavy (non-hydrogen) atoms. The van der Waals surface area contributed by atoms with Crippen LogP contribution in [0.3, 0.4) is 0 Å². The van der Waals surface area contributed by atoms with E-state index in [1.54, 1.807) is 5.57 Å². The lowest BCUT2D eigenvalue weighted by atomic mass is 9.46. The van der Waals surface area contributed by atoms with E-state index in [4.69, 9.17) is 14.9 Å². The van der Waals surface area contributed by atoms with Gasteiger partial charge in [-0.2, -0.15) is 11.8 Å². The van der Waals surface area contributed by atoms with Crippen molar-refractivity contribution in [3.63, 3.8) is 0 Å². The molecule has 1 aliphatic heterocycles. The van der Waals surface area contributed by atoms with E-state index in [1.165, 1.54) is 56.3 Å². The van der Waals surface area contributed by atoms with Crippen LogP contribution in [0.5, 0.6) is 0 Å². The van der Waals surface area contributed by atoms with Crippen molar-refractivity contribution < 1.29 is 9.15 Å². The van der Waals surface area contributed by atoms with Crippen molar-refractivity contribution in [2.75, 3.05) is 12.3 Å². The first-order valence-electron chi connectivity index (χ1n) is 12.3. The SMILES string of the molecule is C[C@]12CC[C@H](SCCCN)C=C1CC[C@@H]1[C@@H]2CC[C@]2(C)[C@@H](c3ccoc3)C[C@H]3O[C@]132. The van der Waals surface area contributed by atoms with Crippen LogP contribution in [0.25, 0.3) is 0 Å². The first-order chi connectivity index (χ1) is 14.5. The lowest BCUT2D eigenvalue weighted by Crippen LogP contribution is -2.56. The standard InChI is InChI=1S/C26H37NO2S/c1-24-9-6-19(30-13-3-11-27)14-18(24)4-5-21-20(24)7-10-25(2)22(17-8-12-28-16-17)15-23-26(21,25)29-23/h8,12,14,16,19-23H,3-7,9-11,13,15,27H2,1-2H3/t19-,20-,21+,22+,23+,24-,25+,26+/m0/s1. The van der Waals surface area contributed by atoms with Gasteiger partial charge in [-0.3, -0.25) is 0 Å². The van der Waals surface area contributed by atoms with Crippen molar-refractivity contribution in [3.05, 3.63) is 35.8 Å². The van der Waals surface area contributed by atoms with E-state index in [0.29, 0.717) is 22.7 Å². The number of nitrogens with two attached hydrogens (primary N) is 1. The normalized spacial score (nSPS) is 48.9. The summed E-state index contributed by atoms with van der Waals surface area (Å²) in [6.07, 6.45) is 17.3. The van der Waals surface area contributed by atoms with Crippen molar-refractivity contribution in [1.29, 1.82) is 0 Å². The highest BCUT2D eigenvalue weighted by Gasteiger charge is 2.80. The average Bonchev–Trinajstić information content (AvgIpc) is 3.09. The zero-order valence-electron chi connectivity index (χ0n) is 18.6. The van der Waals surface area contributed by atoms with Gasteiger partial charge < -0.3 is 14.9 Å². The summed E-state index contributed by atoms with van der Waals surface area (Å²) in [5, 5.41) is 0.713. The van der Waals surface area contributed by atoms with E-state index in [9.17, 15) is 0 Å². The van der Waals surface area contributed by atoms with Crippen LogP contribution in [-0.2, 0) is 4.74 Å². The molecule has 3 nitrogen and oxygen atoms in total. The van der Waals surface area contributed by atoms with Crippen LogP contribution in [0.4, 0.5) is 0 Å². The van der Waals surface area contributed by atoms with Gasteiger partial charge in [-0.05, 0) is 98.5 Å². The average molecular weight is 428 g/mol. The van der Waals surface area contributed by atoms with Crippen molar-refractivity contribution in [3.8, 4) is 0 Å². The van der Waals surface area contributed by atoms with Crippen molar-refractivity contribution in [2.24, 2.45) is 28.4 Å². The fourth-order valence-electron chi connectivity index (χ4n) is 8.56. The van der Waals surface area contributed by atoms with Crippen LogP contribution in [0.15, 0.2) is 34.7 Å². The van der Waals surface area contributed by atoms with Gasteiger partial charge >= 0.3 is 0 Å². The maximum atomic E-state index is 6.69. The van der Waals surface area contributed by atoms with Crippen LogP contribution in [0.2, 0.25) is 0 Å². The molecule has 2 heterocycles. The minimum absolute atomic E-state index is 0.138. The summed E-state index contributed by atoms with van der Waals surface area (Å²) >= 11 is 2.14. The van der Waals surface area contributed by atoms with Gasteiger partial charge in [-0.25, -0.2) is 0 Å². The number of epoxide rings is 1. The molecule has 1 saturated heterocycles. The summed E-state index contributed by atoms with van der Waals surface area (Å²) in [6, 6.07) is 2.20. The Morgan fingerprint density at radius 1 is 1.17 bits per heavy atom. The Bertz CT molecular complexity index is 836. The maximum Gasteiger partial charge on any atom is 0.104 e. The molecule has 0 aromatic carbocycles. The summed E-state index contributed by atoms with van der Waals surface area (Å²) in [4.78, 5) is 0. The second kappa shape index (κ2) is 6.89. The lowest BCUT2D eigenvalue weighted by molar-refractivity contribution is -0.0792. The summed E-state index contributed by atoms with van der Waals surface area (Å²) < 4.78 is 12.2. The van der Waals surface area contributed by atoms with Gasteiger partial charge in [0, 0.05) is 10.7 Å². The molecule has 164 valence electrons. The molecule has 4 heteroatoms. The van der Waals surface area contributed by atoms with Gasteiger partial charge in [-0.15, -0.1) is 0 Å². The lowest BCUT2D eigenvalue weighted by Gasteiger charge is -2.58. The third-order valence-corrected chi connectivity index (χ3v) is 11.4. The molecule has 5 aliphatic rings. The Morgan fingerprint density at radius 2 is 2.07 bits per heavy atom. The fraction of sp³-hybridized carbons (Fsp3) is 0.769. The minimum Gasteiger partial charge on any atom is -0.472 e. The first kappa shape index (κ1) is 19.9. The van der Waals surface area contributed by atoms with Crippen LogP contribution < -0.4 is 5.73 Å². The van der Waals surface area contributed by atoms with Crippen molar-refractivity contribution in [1.82, 2.24) is 0 Å². The molecule has 4 aliphatic carbocycles. The van der Waals surface area contributed by atoms with Crippen LogP contribution in [0.1, 0.15) is 76.7 Å². The predicted molar refractivity (Wildman–Crippen MR) is 123 cm³/mol. The number of ether oxygens (including phenoxy) is 1. The van der Waals surface area contributed by atoms with Crippen LogP contribution in [-0.4, -0.2) is 29.3 Å². The van der Waals surface area contributed by atoms with Crippen LogP contribution >= 0.6 is 11.8 Å². The second-order valence-electron chi connectivity index (χ2n) is 11.2. The Hall–Kier alpha value is -0.710. The number of furan rings is 1. The van der Waals surface area contributed by atoms with Crippen molar-refractivity contribution >= 4 is 11.8 Å². The Balaban J connectivity index is 1.27. The summed E-state index contributed by atoms with van der Waals surface area (Å²) in [5.41, 5.74) is 9.70. The quantitative estimate of drug-likeness (QED) is 0.361. The molecule has 8 atom stereocenters.